The first-order valence-electron chi connectivity index (χ1n) is 5.99. The number of halogens is 1. The van der Waals surface area contributed by atoms with Crippen LogP contribution in [0, 0.1) is 15.9 Å². The van der Waals surface area contributed by atoms with E-state index in [1.54, 1.807) is 0 Å². The van der Waals surface area contributed by atoms with Gasteiger partial charge in [0.15, 0.2) is 0 Å². The number of amides is 2. The van der Waals surface area contributed by atoms with E-state index in [1.165, 1.54) is 0 Å². The second-order valence-corrected chi connectivity index (χ2v) is 4.43. The second-order valence-electron chi connectivity index (χ2n) is 4.43. The Balaban J connectivity index is 2.06. The van der Waals surface area contributed by atoms with E-state index >= 15 is 0 Å². The number of piperidine rings is 1. The highest BCUT2D eigenvalue weighted by Crippen LogP contribution is 2.17. The third-order valence-electron chi connectivity index (χ3n) is 3.01. The standard InChI is InChI=1S/C12H12FN3O4/c13-10-5-8(16(19)20)2-3-9(10)12(18)15-7-1-4-11(17)14-6-7/h2-3,5,7H,1,4,6H2,(H,14,17)(H,15,18). The molecule has 1 aliphatic heterocycles. The minimum absolute atomic E-state index is 0.0861. The van der Waals surface area contributed by atoms with Crippen molar-refractivity contribution in [2.45, 2.75) is 18.9 Å². The van der Waals surface area contributed by atoms with E-state index in [0.717, 1.165) is 12.1 Å². The lowest BCUT2D eigenvalue weighted by molar-refractivity contribution is -0.385. The molecule has 1 aliphatic rings. The monoisotopic (exact) mass is 281 g/mol. The maximum atomic E-state index is 13.6. The van der Waals surface area contributed by atoms with Gasteiger partial charge < -0.3 is 10.6 Å². The van der Waals surface area contributed by atoms with Gasteiger partial charge in [0.25, 0.3) is 11.6 Å². The van der Waals surface area contributed by atoms with Crippen LogP contribution < -0.4 is 10.6 Å². The van der Waals surface area contributed by atoms with Gasteiger partial charge in [0.05, 0.1) is 16.6 Å². The molecule has 20 heavy (non-hydrogen) atoms. The average Bonchev–Trinajstić information content (AvgIpc) is 2.41. The molecule has 2 amide bonds. The van der Waals surface area contributed by atoms with Crippen molar-refractivity contribution in [3.8, 4) is 0 Å². The number of carbonyl (C=O) groups is 2. The van der Waals surface area contributed by atoms with Crippen molar-refractivity contribution in [1.82, 2.24) is 10.6 Å². The van der Waals surface area contributed by atoms with E-state index in [4.69, 9.17) is 0 Å². The Kier molecular flexibility index (Phi) is 3.92. The van der Waals surface area contributed by atoms with Gasteiger partial charge in [-0.2, -0.15) is 0 Å². The smallest absolute Gasteiger partial charge is 0.272 e. The van der Waals surface area contributed by atoms with E-state index in [-0.39, 0.29) is 17.5 Å². The molecular weight excluding hydrogens is 269 g/mol. The number of non-ortho nitro benzene ring substituents is 1. The molecule has 1 aromatic rings. The fourth-order valence-electron chi connectivity index (χ4n) is 1.92. The summed E-state index contributed by atoms with van der Waals surface area (Å²) in [6, 6.07) is 2.58. The molecule has 1 atom stereocenters. The maximum Gasteiger partial charge on any atom is 0.272 e. The molecule has 0 saturated carbocycles. The average molecular weight is 281 g/mol. The Morgan fingerprint density at radius 2 is 2.25 bits per heavy atom. The predicted octanol–water partition coefficient (Wildman–Crippen LogP) is 0.742. The third-order valence-corrected chi connectivity index (χ3v) is 3.01. The summed E-state index contributed by atoms with van der Waals surface area (Å²) < 4.78 is 13.6. The normalized spacial score (nSPS) is 18.2. The number of hydrogen-bond donors (Lipinski definition) is 2. The lowest BCUT2D eigenvalue weighted by atomic mass is 10.1. The first-order valence-corrected chi connectivity index (χ1v) is 5.99. The molecule has 2 N–H and O–H groups in total. The molecule has 0 radical (unpaired) electrons. The largest absolute Gasteiger partial charge is 0.354 e. The van der Waals surface area contributed by atoms with Crippen molar-refractivity contribution in [1.29, 1.82) is 0 Å². The number of nitrogens with zero attached hydrogens (tertiary/aromatic N) is 1. The molecule has 2 rings (SSSR count). The molecule has 1 heterocycles. The molecule has 0 bridgehead atoms. The van der Waals surface area contributed by atoms with Crippen LogP contribution in [-0.4, -0.2) is 29.3 Å². The summed E-state index contributed by atoms with van der Waals surface area (Å²) >= 11 is 0. The molecular formula is C12H12FN3O4. The van der Waals surface area contributed by atoms with Gasteiger partial charge in [0, 0.05) is 25.1 Å². The molecule has 1 aromatic carbocycles. The van der Waals surface area contributed by atoms with Gasteiger partial charge >= 0.3 is 0 Å². The number of rotatable bonds is 3. The lowest BCUT2D eigenvalue weighted by Crippen LogP contribution is -2.47. The van der Waals surface area contributed by atoms with Crippen molar-refractivity contribution >= 4 is 17.5 Å². The molecule has 1 fully saturated rings. The van der Waals surface area contributed by atoms with Gasteiger partial charge in [-0.25, -0.2) is 4.39 Å². The first kappa shape index (κ1) is 13.9. The quantitative estimate of drug-likeness (QED) is 0.630. The molecule has 1 unspecified atom stereocenters. The Bertz CT molecular complexity index is 566. The van der Waals surface area contributed by atoms with Gasteiger partial charge in [-0.15, -0.1) is 0 Å². The van der Waals surface area contributed by atoms with Crippen LogP contribution in [0.5, 0.6) is 0 Å². The molecule has 0 aliphatic carbocycles. The fraction of sp³-hybridized carbons (Fsp3) is 0.333. The van der Waals surface area contributed by atoms with E-state index in [2.05, 4.69) is 10.6 Å². The van der Waals surface area contributed by atoms with E-state index in [9.17, 15) is 24.1 Å². The van der Waals surface area contributed by atoms with Crippen LogP contribution in [0.1, 0.15) is 23.2 Å². The zero-order valence-electron chi connectivity index (χ0n) is 10.4. The molecule has 7 nitrogen and oxygen atoms in total. The summed E-state index contributed by atoms with van der Waals surface area (Å²) in [7, 11) is 0. The Morgan fingerprint density at radius 1 is 1.50 bits per heavy atom. The molecule has 106 valence electrons. The number of nitro groups is 1. The van der Waals surface area contributed by atoms with E-state index in [0.29, 0.717) is 25.5 Å². The predicted molar refractivity (Wildman–Crippen MR) is 66.6 cm³/mol. The summed E-state index contributed by atoms with van der Waals surface area (Å²) in [5, 5.41) is 15.7. The number of carbonyl (C=O) groups excluding carboxylic acids is 2. The topological polar surface area (TPSA) is 101 Å². The lowest BCUT2D eigenvalue weighted by Gasteiger charge is -2.23. The minimum atomic E-state index is -0.948. The Morgan fingerprint density at radius 3 is 2.80 bits per heavy atom. The second kappa shape index (κ2) is 5.64. The summed E-state index contributed by atoms with van der Waals surface area (Å²) in [6.07, 6.45) is 0.778. The van der Waals surface area contributed by atoms with Crippen LogP contribution in [0.3, 0.4) is 0 Å². The molecule has 1 saturated heterocycles. The zero-order chi connectivity index (χ0) is 14.7. The van der Waals surface area contributed by atoms with Crippen molar-refractivity contribution in [2.75, 3.05) is 6.54 Å². The molecule has 8 heteroatoms. The van der Waals surface area contributed by atoms with Gasteiger partial charge in [-0.05, 0) is 12.5 Å². The summed E-state index contributed by atoms with van der Waals surface area (Å²) in [5.74, 6) is -1.69. The number of nitrogens with one attached hydrogen (secondary N) is 2. The van der Waals surface area contributed by atoms with Gasteiger partial charge in [-0.1, -0.05) is 0 Å². The SMILES string of the molecule is O=C1CCC(NC(=O)c2ccc([N+](=O)[O-])cc2F)CN1. The first-order chi connectivity index (χ1) is 9.47. The summed E-state index contributed by atoms with van der Waals surface area (Å²) in [4.78, 5) is 32.6. The van der Waals surface area contributed by atoms with Crippen molar-refractivity contribution < 1.29 is 18.9 Å². The van der Waals surface area contributed by atoms with Crippen molar-refractivity contribution in [3.05, 3.63) is 39.7 Å². The van der Waals surface area contributed by atoms with Gasteiger partial charge in [0.1, 0.15) is 5.82 Å². The summed E-state index contributed by atoms with van der Waals surface area (Å²) in [6.45, 7) is 0.291. The van der Waals surface area contributed by atoms with Crippen LogP contribution in [-0.2, 0) is 4.79 Å². The van der Waals surface area contributed by atoms with Crippen LogP contribution >= 0.6 is 0 Å². The van der Waals surface area contributed by atoms with E-state index in [1.807, 2.05) is 0 Å². The Hall–Kier alpha value is -2.51. The van der Waals surface area contributed by atoms with Crippen LogP contribution in [0.25, 0.3) is 0 Å². The van der Waals surface area contributed by atoms with Crippen LogP contribution in [0.4, 0.5) is 10.1 Å². The highest BCUT2D eigenvalue weighted by molar-refractivity contribution is 5.95. The van der Waals surface area contributed by atoms with Gasteiger partial charge in [-0.3, -0.25) is 19.7 Å². The van der Waals surface area contributed by atoms with Crippen molar-refractivity contribution in [3.63, 3.8) is 0 Å². The third kappa shape index (κ3) is 3.08. The van der Waals surface area contributed by atoms with Crippen LogP contribution in [0.2, 0.25) is 0 Å². The fourth-order valence-corrected chi connectivity index (χ4v) is 1.92. The molecule has 0 spiro atoms. The number of hydrogen-bond acceptors (Lipinski definition) is 4. The maximum absolute atomic E-state index is 13.6. The summed E-state index contributed by atoms with van der Waals surface area (Å²) in [5.41, 5.74) is -0.670. The highest BCUT2D eigenvalue weighted by atomic mass is 19.1. The van der Waals surface area contributed by atoms with Crippen molar-refractivity contribution in [2.24, 2.45) is 0 Å². The number of nitro benzene ring substituents is 1. The highest BCUT2D eigenvalue weighted by Gasteiger charge is 2.22. The molecule has 0 aromatic heterocycles. The Labute approximate surface area is 113 Å². The van der Waals surface area contributed by atoms with Gasteiger partial charge in [0.2, 0.25) is 5.91 Å². The number of benzene rings is 1. The van der Waals surface area contributed by atoms with E-state index < -0.39 is 22.3 Å². The zero-order valence-corrected chi connectivity index (χ0v) is 10.4. The minimum Gasteiger partial charge on any atom is -0.354 e. The van der Waals surface area contributed by atoms with Crippen LogP contribution in [0.15, 0.2) is 18.2 Å².